The highest BCUT2D eigenvalue weighted by atomic mass is 32.2. The fraction of sp³-hybridized carbons (Fsp3) is 0.500. The maximum Gasteiger partial charge on any atom is 0.352 e. The third-order valence-electron chi connectivity index (χ3n) is 2.75. The van der Waals surface area contributed by atoms with Crippen molar-refractivity contribution in [1.29, 1.82) is 0 Å². The molecule has 0 bridgehead atoms. The van der Waals surface area contributed by atoms with Crippen LogP contribution in [0.25, 0.3) is 0 Å². The first-order valence-corrected chi connectivity index (χ1v) is 5.83. The van der Waals surface area contributed by atoms with Crippen LogP contribution in [-0.2, 0) is 6.54 Å². The van der Waals surface area contributed by atoms with Gasteiger partial charge in [0.2, 0.25) is 0 Å². The Morgan fingerprint density at radius 1 is 1.71 bits per heavy atom. The number of carboxylic acids is 1. The van der Waals surface area contributed by atoms with E-state index in [1.807, 2.05) is 22.5 Å². The van der Waals surface area contributed by atoms with E-state index in [0.717, 1.165) is 6.54 Å². The van der Waals surface area contributed by atoms with Gasteiger partial charge in [-0.15, -0.1) is 0 Å². The van der Waals surface area contributed by atoms with Gasteiger partial charge < -0.3 is 9.67 Å². The number of hydrogen-bond donors (Lipinski definition) is 1. The average molecular weight is 211 g/mol. The van der Waals surface area contributed by atoms with Crippen LogP contribution < -0.4 is 0 Å². The minimum atomic E-state index is -0.841. The van der Waals surface area contributed by atoms with E-state index >= 15 is 0 Å². The summed E-state index contributed by atoms with van der Waals surface area (Å²) in [6, 6.07) is 3.44. The second-order valence-corrected chi connectivity index (χ2v) is 4.99. The molecule has 0 aliphatic heterocycles. The zero-order valence-electron chi connectivity index (χ0n) is 8.06. The first kappa shape index (κ1) is 9.65. The van der Waals surface area contributed by atoms with Gasteiger partial charge in [0.15, 0.2) is 0 Å². The van der Waals surface area contributed by atoms with Gasteiger partial charge in [-0.2, -0.15) is 11.8 Å². The Bertz CT molecular complexity index is 355. The summed E-state index contributed by atoms with van der Waals surface area (Å²) in [7, 11) is 0. The normalized spacial score (nSPS) is 18.1. The van der Waals surface area contributed by atoms with Gasteiger partial charge in [-0.1, -0.05) is 0 Å². The third kappa shape index (κ3) is 1.66. The summed E-state index contributed by atoms with van der Waals surface area (Å²) in [4.78, 5) is 10.8. The van der Waals surface area contributed by atoms with Crippen molar-refractivity contribution in [2.75, 3.05) is 6.26 Å². The number of carboxylic acid groups (broad SMARTS) is 1. The van der Waals surface area contributed by atoms with Crippen LogP contribution in [0, 0.1) is 0 Å². The molecule has 0 saturated heterocycles. The molecule has 1 aromatic heterocycles. The molecule has 0 radical (unpaired) electrons. The molecule has 1 saturated carbocycles. The summed E-state index contributed by atoms with van der Waals surface area (Å²) >= 11 is 1.84. The van der Waals surface area contributed by atoms with Crippen molar-refractivity contribution in [1.82, 2.24) is 4.57 Å². The topological polar surface area (TPSA) is 42.2 Å². The fourth-order valence-corrected chi connectivity index (χ4v) is 2.40. The molecule has 0 unspecified atom stereocenters. The molecule has 1 aliphatic carbocycles. The van der Waals surface area contributed by atoms with Crippen molar-refractivity contribution in [2.45, 2.75) is 24.1 Å². The molecule has 0 aromatic carbocycles. The summed E-state index contributed by atoms with van der Waals surface area (Å²) in [5, 5.41) is 8.92. The predicted molar refractivity (Wildman–Crippen MR) is 56.9 cm³/mol. The Morgan fingerprint density at radius 2 is 2.43 bits per heavy atom. The molecule has 1 fully saturated rings. The average Bonchev–Trinajstić information content (AvgIpc) is 2.76. The van der Waals surface area contributed by atoms with Crippen molar-refractivity contribution < 1.29 is 9.90 Å². The number of aromatic carboxylic acids is 1. The SMILES string of the molecule is CSC1(Cn2cccc2C(=O)O)CC1. The molecule has 76 valence electrons. The van der Waals surface area contributed by atoms with E-state index in [1.54, 1.807) is 12.1 Å². The van der Waals surface area contributed by atoms with Gasteiger partial charge in [0.1, 0.15) is 5.69 Å². The monoisotopic (exact) mass is 211 g/mol. The minimum Gasteiger partial charge on any atom is -0.477 e. The molecular weight excluding hydrogens is 198 g/mol. The molecular formula is C10H13NO2S. The van der Waals surface area contributed by atoms with E-state index in [1.165, 1.54) is 12.8 Å². The van der Waals surface area contributed by atoms with E-state index in [0.29, 0.717) is 10.4 Å². The Labute approximate surface area is 87.1 Å². The van der Waals surface area contributed by atoms with Crippen LogP contribution in [-0.4, -0.2) is 26.6 Å². The number of aromatic nitrogens is 1. The lowest BCUT2D eigenvalue weighted by Gasteiger charge is -2.14. The van der Waals surface area contributed by atoms with Crippen LogP contribution in [0.3, 0.4) is 0 Å². The molecule has 1 aromatic rings. The van der Waals surface area contributed by atoms with Crippen molar-refractivity contribution in [3.05, 3.63) is 24.0 Å². The molecule has 14 heavy (non-hydrogen) atoms. The van der Waals surface area contributed by atoms with Gasteiger partial charge in [-0.3, -0.25) is 0 Å². The number of hydrogen-bond acceptors (Lipinski definition) is 2. The van der Waals surface area contributed by atoms with Crippen molar-refractivity contribution >= 4 is 17.7 Å². The second kappa shape index (κ2) is 3.35. The van der Waals surface area contributed by atoms with E-state index in [-0.39, 0.29) is 0 Å². The lowest BCUT2D eigenvalue weighted by molar-refractivity contribution is 0.0685. The molecule has 0 spiro atoms. The zero-order chi connectivity index (χ0) is 10.2. The lowest BCUT2D eigenvalue weighted by Crippen LogP contribution is -2.17. The molecule has 3 nitrogen and oxygen atoms in total. The number of carbonyl (C=O) groups is 1. The number of thioether (sulfide) groups is 1. The van der Waals surface area contributed by atoms with Crippen molar-refractivity contribution in [3.63, 3.8) is 0 Å². The number of nitrogens with zero attached hydrogens (tertiary/aromatic N) is 1. The summed E-state index contributed by atoms with van der Waals surface area (Å²) < 4.78 is 2.15. The Kier molecular flexibility index (Phi) is 2.31. The number of rotatable bonds is 4. The largest absolute Gasteiger partial charge is 0.477 e. The van der Waals surface area contributed by atoms with Crippen LogP contribution in [0.2, 0.25) is 0 Å². The third-order valence-corrected chi connectivity index (χ3v) is 4.15. The predicted octanol–water partition coefficient (Wildman–Crippen LogP) is 2.08. The maximum atomic E-state index is 10.8. The molecule has 2 rings (SSSR count). The standard InChI is InChI=1S/C10H13NO2S/c1-14-10(4-5-10)7-11-6-2-3-8(11)9(12)13/h2-3,6H,4-5,7H2,1H3,(H,12,13). The van der Waals surface area contributed by atoms with E-state index in [4.69, 9.17) is 5.11 Å². The highest BCUT2D eigenvalue weighted by molar-refractivity contribution is 8.00. The molecule has 4 heteroatoms. The fourth-order valence-electron chi connectivity index (χ4n) is 1.62. The Hall–Kier alpha value is -0.900. The van der Waals surface area contributed by atoms with Gasteiger partial charge >= 0.3 is 5.97 Å². The molecule has 1 heterocycles. The summed E-state index contributed by atoms with van der Waals surface area (Å²) in [6.45, 7) is 0.822. The quantitative estimate of drug-likeness (QED) is 0.829. The Balaban J connectivity index is 2.16. The van der Waals surface area contributed by atoms with Crippen LogP contribution in [0.15, 0.2) is 18.3 Å². The molecule has 1 N–H and O–H groups in total. The van der Waals surface area contributed by atoms with Gasteiger partial charge in [0.05, 0.1) is 0 Å². The Morgan fingerprint density at radius 3 is 2.93 bits per heavy atom. The van der Waals surface area contributed by atoms with E-state index in [9.17, 15) is 4.79 Å². The molecule has 0 amide bonds. The smallest absolute Gasteiger partial charge is 0.352 e. The van der Waals surface area contributed by atoms with Gasteiger partial charge in [-0.25, -0.2) is 4.79 Å². The highest BCUT2D eigenvalue weighted by Gasteiger charge is 2.42. The second-order valence-electron chi connectivity index (χ2n) is 3.71. The summed E-state index contributed by atoms with van der Waals surface area (Å²) in [5.41, 5.74) is 0.394. The van der Waals surface area contributed by atoms with Crippen LogP contribution in [0.4, 0.5) is 0 Å². The van der Waals surface area contributed by atoms with Crippen LogP contribution in [0.1, 0.15) is 23.3 Å². The van der Waals surface area contributed by atoms with Gasteiger partial charge in [0.25, 0.3) is 0 Å². The van der Waals surface area contributed by atoms with Gasteiger partial charge in [-0.05, 0) is 31.2 Å². The molecule has 0 atom stereocenters. The molecule has 1 aliphatic rings. The van der Waals surface area contributed by atoms with Gasteiger partial charge in [0, 0.05) is 17.5 Å². The summed E-state index contributed by atoms with van der Waals surface area (Å²) in [5.74, 6) is -0.841. The highest BCUT2D eigenvalue weighted by Crippen LogP contribution is 2.48. The van der Waals surface area contributed by atoms with E-state index < -0.39 is 5.97 Å². The van der Waals surface area contributed by atoms with E-state index in [2.05, 4.69) is 6.26 Å². The van der Waals surface area contributed by atoms with Crippen molar-refractivity contribution in [2.24, 2.45) is 0 Å². The summed E-state index contributed by atoms with van der Waals surface area (Å²) in [6.07, 6.45) is 6.34. The minimum absolute atomic E-state index is 0.309. The maximum absolute atomic E-state index is 10.8. The first-order valence-electron chi connectivity index (χ1n) is 4.60. The van der Waals surface area contributed by atoms with Crippen molar-refractivity contribution in [3.8, 4) is 0 Å². The zero-order valence-corrected chi connectivity index (χ0v) is 8.88. The van der Waals surface area contributed by atoms with Crippen LogP contribution >= 0.6 is 11.8 Å². The van der Waals surface area contributed by atoms with Crippen LogP contribution in [0.5, 0.6) is 0 Å². The first-order chi connectivity index (χ1) is 6.67. The lowest BCUT2D eigenvalue weighted by atomic mass is 10.3.